The fourth-order valence-electron chi connectivity index (χ4n) is 12.6. The number of benzene rings is 6. The summed E-state index contributed by atoms with van der Waals surface area (Å²) in [5, 5.41) is 58.7. The Morgan fingerprint density at radius 3 is 0.919 bits per heavy atom. The zero-order chi connectivity index (χ0) is 109. The third kappa shape index (κ3) is 32.7. The van der Waals surface area contributed by atoms with Crippen molar-refractivity contribution in [3.05, 3.63) is 294 Å². The molecule has 0 aliphatic rings. The first-order valence-electron chi connectivity index (χ1n) is 44.9. The molecule has 17 N–H and O–H groups in total. The Kier molecular flexibility index (Phi) is 42.7. The molecule has 0 unspecified atom stereocenters. The molecule has 774 valence electrons. The van der Waals surface area contributed by atoms with Gasteiger partial charge in [0, 0.05) is 184 Å². The van der Waals surface area contributed by atoms with Gasteiger partial charge in [0.25, 0.3) is 23.8 Å². The van der Waals surface area contributed by atoms with Crippen molar-refractivity contribution in [2.45, 2.75) is 20.8 Å². The molecule has 0 bridgehead atoms. The van der Waals surface area contributed by atoms with Crippen molar-refractivity contribution < 1.29 is 58.4 Å². The van der Waals surface area contributed by atoms with Crippen LogP contribution in [0.3, 0.4) is 0 Å². The smallest absolute Gasteiger partial charge is 0.477 e. The number of hydrogen-bond donors (Lipinski definition) is 11. The number of carbonyl (C=O) groups excluding carboxylic acids is 3. The Bertz CT molecular complexity index is 7150. The molecule has 0 amide bonds. The van der Waals surface area contributed by atoms with Crippen molar-refractivity contribution in [3.63, 3.8) is 0 Å². The minimum Gasteiger partial charge on any atom is -0.477 e. The normalized spacial score (nSPS) is 10.2. The molecule has 0 atom stereocenters. The van der Waals surface area contributed by atoms with Gasteiger partial charge in [0.15, 0.2) is 11.6 Å². The lowest BCUT2D eigenvalue weighted by Crippen LogP contribution is -2.29. The molecular formula is C99H112BCl3N34O12. The number of carboxylic acids is 2. The highest BCUT2D eigenvalue weighted by Gasteiger charge is 2.24. The zero-order valence-electron chi connectivity index (χ0n) is 84.1. The van der Waals surface area contributed by atoms with E-state index in [0.717, 1.165) is 79.0 Å². The Morgan fingerprint density at radius 2 is 0.631 bits per heavy atom. The van der Waals surface area contributed by atoms with Crippen LogP contribution in [0, 0.1) is 0 Å². The number of anilines is 11. The lowest BCUT2D eigenvalue weighted by atomic mass is 9.80. The van der Waals surface area contributed by atoms with Gasteiger partial charge in [0.1, 0.15) is 50.4 Å². The number of rotatable bonds is 24. The first kappa shape index (κ1) is 114. The second-order valence-electron chi connectivity index (χ2n) is 31.8. The molecule has 0 aliphatic carbocycles. The number of carbonyl (C=O) groups is 5. The molecule has 17 aromatic rings. The summed E-state index contributed by atoms with van der Waals surface area (Å²) < 4.78 is 19.8. The van der Waals surface area contributed by atoms with Crippen LogP contribution in [0.5, 0.6) is 0 Å². The molecule has 11 heterocycles. The SMILES string of the molecule is CCOC(=O)c1cn(-c2nccc(-c3ccc(N(C)C)cc3)n2)nc1N.CCOC(=O)c1cn[nH]c1N.CCOC(=O)c1cnn(-c2nccc(-c3ccc(N(C)C)cc3)n2)c1N.CN.CN(C)c1ccc(-c2ccnc(-n3cc(C(=O)O)c(N)n3)n2)cc1.CN(C)c1ccc(-c2ccnc(-n3ncc(C(=O)O)c3N)n2)cc1.CN(C)c1ccc(-c2ccnc(Cl)n2)cc1.CN(C)c1ccc(B(O)O)cc1.Clc1ccnc(Cl)n1. The molecule has 0 spiro atoms. The first-order valence-corrected chi connectivity index (χ1v) is 46.1. The lowest BCUT2D eigenvalue weighted by molar-refractivity contribution is 0.0518. The Hall–Kier alpha value is -18.2. The number of aromatic carboxylic acids is 2. The summed E-state index contributed by atoms with van der Waals surface area (Å²) in [6.45, 7) is 6.05. The van der Waals surface area contributed by atoms with Crippen molar-refractivity contribution >= 4 is 140 Å². The minimum atomic E-state index is -1.37. The minimum absolute atomic E-state index is 0.0115. The van der Waals surface area contributed by atoms with Gasteiger partial charge in [-0.2, -0.15) is 24.7 Å². The fourth-order valence-corrected chi connectivity index (χ4v) is 13.1. The van der Waals surface area contributed by atoms with Gasteiger partial charge in [-0.15, -0.1) is 10.2 Å². The second kappa shape index (κ2) is 55.6. The monoisotopic (exact) mass is 2080 g/mol. The highest BCUT2D eigenvalue weighted by molar-refractivity contribution is 6.58. The molecule has 0 radical (unpaired) electrons. The van der Waals surface area contributed by atoms with Crippen molar-refractivity contribution in [1.29, 1.82) is 0 Å². The molecule has 0 aliphatic heterocycles. The Morgan fingerprint density at radius 1 is 0.349 bits per heavy atom. The molecule has 11 aromatic heterocycles. The van der Waals surface area contributed by atoms with Gasteiger partial charge >= 0.3 is 37.0 Å². The maximum Gasteiger partial charge on any atom is 0.488 e. The first-order chi connectivity index (χ1) is 71.2. The summed E-state index contributed by atoms with van der Waals surface area (Å²) in [5.41, 5.74) is 49.1. The number of esters is 3. The molecule has 0 saturated carbocycles. The standard InChI is InChI=1S/2C18H20N6O2.2C16H16N6O2.C12H12ClN3.C8H12BNO2.C6H9N3O2.C4H2Cl2N2.CH5N/c1-4-26-17(25)14-11-24(22-16(14)19)18-20-10-9-15(21-18)12-5-7-13(8-6-12)23(2)3;1-4-26-17(25)14-11-21-24(16(14)19)18-20-10-9-15(22-18)12-5-7-13(8-6-12)23(2)3;1-21(2)11-5-3-10(4-6-11)13-7-8-18-16(19-13)22-9-12(15(23)24)14(17)20-22;1-21(2)11-5-3-10(4-6-11)13-7-8-18-16(20-13)22-14(17)12(9-19-22)15(23)24;1-16(2)10-5-3-9(4-6-10)11-7-8-14-12(13)15-11;1-10(2)8-5-3-7(4-6-8)9(11)12;1-2-11-6(10)4-3-8-9-5(4)7;5-3-1-2-7-4(6)8-3;1-2/h5-11H,4H2,1-3H3,(H2,19,22);5-11H,4,19H2,1-3H3;3-9H,1-2H3,(H2,17,20)(H,23,24);3-9H,17H2,1-2H3,(H,23,24);3-8H,1-2H3;3-6,11-12H,1-2H3;3H,2H2,1H3,(H3,7,8,9);1-2H;2H2,1H3. The summed E-state index contributed by atoms with van der Waals surface area (Å²) >= 11 is 16.5. The van der Waals surface area contributed by atoms with Crippen LogP contribution in [0.1, 0.15) is 72.6 Å². The summed E-state index contributed by atoms with van der Waals surface area (Å²) in [7, 11) is 23.8. The molecule has 17 rings (SSSR count). The van der Waals surface area contributed by atoms with Gasteiger partial charge < -0.3 is 98.3 Å². The van der Waals surface area contributed by atoms with E-state index in [2.05, 4.69) is 106 Å². The third-order valence-corrected chi connectivity index (χ3v) is 21.0. The Balaban J connectivity index is 0.000000193. The number of nitrogen functional groups attached to an aromatic ring is 5. The number of hydrogen-bond acceptors (Lipinski definition) is 39. The number of nitrogens with two attached hydrogens (primary N) is 6. The van der Waals surface area contributed by atoms with Crippen LogP contribution in [0.15, 0.2) is 250 Å². The van der Waals surface area contributed by atoms with E-state index in [0.29, 0.717) is 34.6 Å². The van der Waals surface area contributed by atoms with E-state index in [-0.39, 0.29) is 98.5 Å². The highest BCUT2D eigenvalue weighted by atomic mass is 35.5. The summed E-state index contributed by atoms with van der Waals surface area (Å²) in [6.07, 6.45) is 16.2. The molecule has 0 saturated heterocycles. The molecule has 46 nitrogen and oxygen atoms in total. The average molecular weight is 2090 g/mol. The molecule has 50 heteroatoms. The largest absolute Gasteiger partial charge is 0.488 e. The van der Waals surface area contributed by atoms with E-state index in [9.17, 15) is 24.0 Å². The molecule has 0 fully saturated rings. The topological polar surface area (TPSA) is 624 Å². The van der Waals surface area contributed by atoms with Crippen molar-refractivity contribution in [3.8, 4) is 80.1 Å². The number of aromatic amines is 1. The number of halogens is 3. The lowest BCUT2D eigenvalue weighted by Gasteiger charge is -2.12. The van der Waals surface area contributed by atoms with Crippen molar-refractivity contribution in [2.75, 3.05) is 170 Å². The van der Waals surface area contributed by atoms with E-state index >= 15 is 0 Å². The third-order valence-electron chi connectivity index (χ3n) is 20.4. The van der Waals surface area contributed by atoms with Gasteiger partial charge in [-0.1, -0.05) is 84.4 Å². The number of H-pyrrole nitrogens is 1. The van der Waals surface area contributed by atoms with E-state index in [1.165, 1.54) is 63.0 Å². The average Bonchev–Trinajstić information content (AvgIpc) is 1.69. The fraction of sp³-hybridized carbons (Fsp3) is 0.192. The van der Waals surface area contributed by atoms with E-state index in [1.54, 1.807) is 88.2 Å². The quantitative estimate of drug-likeness (QED) is 0.00880. The molecular weight excluding hydrogens is 1970 g/mol. The predicted octanol–water partition coefficient (Wildman–Crippen LogP) is 11.5. The second-order valence-corrected chi connectivity index (χ2v) is 32.9. The summed E-state index contributed by atoms with van der Waals surface area (Å²) in [6, 6.07) is 57.6. The number of ether oxygens (including phenoxy) is 3. The van der Waals surface area contributed by atoms with Crippen molar-refractivity contribution in [2.24, 2.45) is 5.73 Å². The van der Waals surface area contributed by atoms with E-state index in [4.69, 9.17) is 93.2 Å². The van der Waals surface area contributed by atoms with Gasteiger partial charge in [0.2, 0.25) is 10.6 Å². The van der Waals surface area contributed by atoms with Crippen LogP contribution < -0.4 is 69.3 Å². The van der Waals surface area contributed by atoms with E-state index < -0.39 is 37.0 Å². The maximum absolute atomic E-state index is 11.9. The van der Waals surface area contributed by atoms with Crippen LogP contribution in [0.25, 0.3) is 80.1 Å². The molecule has 149 heavy (non-hydrogen) atoms. The number of carboxylic acid groups (broad SMARTS) is 2. The van der Waals surface area contributed by atoms with E-state index in [1.807, 2.05) is 255 Å². The van der Waals surface area contributed by atoms with Gasteiger partial charge in [-0.05, 0) is 166 Å². The highest BCUT2D eigenvalue weighted by Crippen LogP contribution is 2.30. The molecule has 6 aromatic carbocycles. The van der Waals surface area contributed by atoms with Gasteiger partial charge in [-0.25, -0.2) is 93.1 Å². The summed E-state index contributed by atoms with van der Waals surface area (Å²) in [5.74, 6) is -2.33. The van der Waals surface area contributed by atoms with Crippen LogP contribution in [0.2, 0.25) is 15.7 Å². The maximum atomic E-state index is 11.9. The zero-order valence-corrected chi connectivity index (χ0v) is 86.4. The van der Waals surface area contributed by atoms with Crippen LogP contribution in [0.4, 0.5) is 63.2 Å². The van der Waals surface area contributed by atoms with Crippen LogP contribution in [-0.4, -0.2) is 278 Å². The number of nitrogens with one attached hydrogen (secondary N) is 1. The van der Waals surface area contributed by atoms with Crippen molar-refractivity contribution in [1.82, 2.24) is 109 Å². The Labute approximate surface area is 872 Å². The summed E-state index contributed by atoms with van der Waals surface area (Å²) in [4.78, 5) is 119. The van der Waals surface area contributed by atoms with Crippen LogP contribution >= 0.6 is 34.8 Å². The van der Waals surface area contributed by atoms with Gasteiger partial charge in [0.05, 0.1) is 79.3 Å². The number of nitrogens with zero attached hydrogens (tertiary/aromatic N) is 27. The van der Waals surface area contributed by atoms with Gasteiger partial charge in [-0.3, -0.25) is 5.10 Å². The predicted molar refractivity (Wildman–Crippen MR) is 578 cm³/mol. The van der Waals surface area contributed by atoms with Crippen LogP contribution in [-0.2, 0) is 14.2 Å². The number of aromatic nitrogens is 22.